The number of hydrogen-bond acceptors (Lipinski definition) is 6. The number of nitrogens with zero attached hydrogens (tertiary/aromatic N) is 1. The number of thiazole rings is 1. The van der Waals surface area contributed by atoms with Crippen LogP contribution in [0, 0.1) is 0 Å². The average molecular weight is 321 g/mol. The second kappa shape index (κ2) is 5.03. The van der Waals surface area contributed by atoms with E-state index in [0.29, 0.717) is 33.2 Å². The Morgan fingerprint density at radius 2 is 1.65 bits per heavy atom. The van der Waals surface area contributed by atoms with E-state index in [1.807, 2.05) is 5.38 Å². The highest BCUT2D eigenvalue weighted by Crippen LogP contribution is 2.36. The summed E-state index contributed by atoms with van der Waals surface area (Å²) in [5, 5.41) is 5.58. The van der Waals surface area contributed by atoms with Crippen molar-refractivity contribution in [1.29, 1.82) is 0 Å². The van der Waals surface area contributed by atoms with Gasteiger partial charge in [-0.05, 0) is 12.1 Å². The van der Waals surface area contributed by atoms with Gasteiger partial charge in [0.1, 0.15) is 0 Å². The number of rotatable bonds is 2. The van der Waals surface area contributed by atoms with Crippen LogP contribution in [0.4, 0.5) is 16.5 Å². The Morgan fingerprint density at radius 3 is 2.30 bits per heavy atom. The highest BCUT2D eigenvalue weighted by atomic mass is 32.1. The average Bonchev–Trinajstić information content (AvgIpc) is 3.07. The molecule has 2 aromatic carbocycles. The van der Waals surface area contributed by atoms with E-state index in [1.54, 1.807) is 42.6 Å². The van der Waals surface area contributed by atoms with Gasteiger partial charge in [0.05, 0.1) is 16.8 Å². The minimum Gasteiger partial charge on any atom is -0.398 e. The van der Waals surface area contributed by atoms with E-state index in [4.69, 9.17) is 5.73 Å². The molecule has 1 aromatic heterocycles. The predicted molar refractivity (Wildman–Crippen MR) is 89.6 cm³/mol. The Balaban J connectivity index is 1.94. The van der Waals surface area contributed by atoms with Crippen LogP contribution in [-0.2, 0) is 0 Å². The molecule has 0 aliphatic heterocycles. The lowest BCUT2D eigenvalue weighted by atomic mass is 9.82. The van der Waals surface area contributed by atoms with Crippen LogP contribution in [0.1, 0.15) is 31.8 Å². The van der Waals surface area contributed by atoms with Crippen molar-refractivity contribution < 1.29 is 9.59 Å². The van der Waals surface area contributed by atoms with Gasteiger partial charge < -0.3 is 11.1 Å². The largest absolute Gasteiger partial charge is 0.398 e. The third-order valence-corrected chi connectivity index (χ3v) is 4.47. The molecule has 3 N–H and O–H groups in total. The molecule has 1 aliphatic rings. The molecule has 1 aliphatic carbocycles. The van der Waals surface area contributed by atoms with Gasteiger partial charge in [0.15, 0.2) is 16.7 Å². The minimum absolute atomic E-state index is 0.207. The van der Waals surface area contributed by atoms with Crippen molar-refractivity contribution in [3.8, 4) is 0 Å². The quantitative estimate of drug-likeness (QED) is 0.554. The van der Waals surface area contributed by atoms with Crippen molar-refractivity contribution in [2.75, 3.05) is 11.1 Å². The number of nitrogens with one attached hydrogen (secondary N) is 1. The summed E-state index contributed by atoms with van der Waals surface area (Å²) in [7, 11) is 0. The molecule has 1 heterocycles. The summed E-state index contributed by atoms with van der Waals surface area (Å²) in [4.78, 5) is 29.8. The topological polar surface area (TPSA) is 85.1 Å². The van der Waals surface area contributed by atoms with E-state index in [1.165, 1.54) is 11.3 Å². The lowest BCUT2D eigenvalue weighted by Gasteiger charge is -2.21. The van der Waals surface area contributed by atoms with Gasteiger partial charge in [-0.15, -0.1) is 11.3 Å². The fourth-order valence-corrected chi connectivity index (χ4v) is 3.29. The molecule has 0 saturated carbocycles. The number of anilines is 3. The molecule has 23 heavy (non-hydrogen) atoms. The normalized spacial score (nSPS) is 12.7. The van der Waals surface area contributed by atoms with E-state index in [9.17, 15) is 9.59 Å². The van der Waals surface area contributed by atoms with Gasteiger partial charge in [0.25, 0.3) is 0 Å². The Labute approximate surface area is 135 Å². The number of ketones is 2. The molecule has 0 atom stereocenters. The van der Waals surface area contributed by atoms with Gasteiger partial charge in [0, 0.05) is 28.4 Å². The van der Waals surface area contributed by atoms with Crippen LogP contribution in [0.15, 0.2) is 48.0 Å². The zero-order valence-electron chi connectivity index (χ0n) is 11.9. The van der Waals surface area contributed by atoms with Crippen LogP contribution in [0.3, 0.4) is 0 Å². The molecule has 0 unspecified atom stereocenters. The third kappa shape index (κ3) is 2.03. The summed E-state index contributed by atoms with van der Waals surface area (Å²) in [5.41, 5.74) is 8.18. The van der Waals surface area contributed by atoms with Crippen molar-refractivity contribution in [2.24, 2.45) is 0 Å². The first-order chi connectivity index (χ1) is 11.2. The summed E-state index contributed by atoms with van der Waals surface area (Å²) in [6.45, 7) is 0. The number of nitrogen functional groups attached to an aromatic ring is 1. The summed E-state index contributed by atoms with van der Waals surface area (Å²) < 4.78 is 0. The third-order valence-electron chi connectivity index (χ3n) is 3.78. The maximum Gasteiger partial charge on any atom is 0.196 e. The van der Waals surface area contributed by atoms with Crippen molar-refractivity contribution in [2.45, 2.75) is 0 Å². The first-order valence-electron chi connectivity index (χ1n) is 6.94. The van der Waals surface area contributed by atoms with Crippen LogP contribution < -0.4 is 11.1 Å². The lowest BCUT2D eigenvalue weighted by Crippen LogP contribution is -2.23. The Bertz CT molecular complexity index is 948. The zero-order valence-corrected chi connectivity index (χ0v) is 12.7. The number of nitrogens with two attached hydrogens (primary N) is 1. The zero-order chi connectivity index (χ0) is 16.0. The highest BCUT2D eigenvalue weighted by molar-refractivity contribution is 7.13. The second-order valence-electron chi connectivity index (χ2n) is 5.12. The lowest BCUT2D eigenvalue weighted by molar-refractivity contribution is 0.0980. The number of hydrogen-bond donors (Lipinski definition) is 2. The molecular formula is C17H11N3O2S. The highest BCUT2D eigenvalue weighted by Gasteiger charge is 2.33. The predicted octanol–water partition coefficient (Wildman–Crippen LogP) is 3.24. The van der Waals surface area contributed by atoms with Crippen LogP contribution in [-0.4, -0.2) is 16.6 Å². The van der Waals surface area contributed by atoms with E-state index >= 15 is 0 Å². The monoisotopic (exact) mass is 321 g/mol. The fourth-order valence-electron chi connectivity index (χ4n) is 2.75. The standard InChI is InChI=1S/C17H11N3O2S/c18-11-5-6-12(20-17-19-7-8-23-17)14-13(11)15(21)9-3-1-2-4-10(9)16(14)22/h1-8H,18H2,(H,19,20). The van der Waals surface area contributed by atoms with E-state index in [0.717, 1.165) is 0 Å². The molecule has 112 valence electrons. The van der Waals surface area contributed by atoms with Gasteiger partial charge in [-0.1, -0.05) is 24.3 Å². The van der Waals surface area contributed by atoms with Crippen molar-refractivity contribution in [3.63, 3.8) is 0 Å². The summed E-state index contributed by atoms with van der Waals surface area (Å²) >= 11 is 1.41. The first kappa shape index (κ1) is 13.7. The minimum atomic E-state index is -0.226. The van der Waals surface area contributed by atoms with Crippen molar-refractivity contribution in [3.05, 3.63) is 70.2 Å². The number of carbonyl (C=O) groups excluding carboxylic acids is 2. The Morgan fingerprint density at radius 1 is 0.957 bits per heavy atom. The molecule has 6 heteroatoms. The fraction of sp³-hybridized carbons (Fsp3) is 0. The maximum absolute atomic E-state index is 12.9. The number of benzene rings is 2. The summed E-state index contributed by atoms with van der Waals surface area (Å²) in [6, 6.07) is 10.1. The molecule has 0 bridgehead atoms. The summed E-state index contributed by atoms with van der Waals surface area (Å²) in [6.07, 6.45) is 1.67. The molecule has 0 spiro atoms. The molecular weight excluding hydrogens is 310 g/mol. The Hall–Kier alpha value is -2.99. The van der Waals surface area contributed by atoms with Crippen LogP contribution in [0.25, 0.3) is 0 Å². The van der Waals surface area contributed by atoms with Crippen LogP contribution >= 0.6 is 11.3 Å². The van der Waals surface area contributed by atoms with Crippen molar-refractivity contribution in [1.82, 2.24) is 4.98 Å². The van der Waals surface area contributed by atoms with Crippen molar-refractivity contribution >= 4 is 39.4 Å². The molecule has 5 nitrogen and oxygen atoms in total. The number of aromatic nitrogens is 1. The van der Waals surface area contributed by atoms with Crippen LogP contribution in [0.2, 0.25) is 0 Å². The molecule has 0 saturated heterocycles. The second-order valence-corrected chi connectivity index (χ2v) is 6.01. The molecule has 0 fully saturated rings. The molecule has 3 aromatic rings. The first-order valence-corrected chi connectivity index (χ1v) is 7.82. The van der Waals surface area contributed by atoms with Gasteiger partial charge in [0.2, 0.25) is 0 Å². The Kier molecular flexibility index (Phi) is 2.99. The number of fused-ring (bicyclic) bond motifs is 2. The molecule has 0 amide bonds. The van der Waals surface area contributed by atoms with E-state index in [2.05, 4.69) is 10.3 Å². The van der Waals surface area contributed by atoms with E-state index in [-0.39, 0.29) is 17.1 Å². The van der Waals surface area contributed by atoms with Gasteiger partial charge in [-0.2, -0.15) is 0 Å². The maximum atomic E-state index is 12.9. The van der Waals surface area contributed by atoms with Gasteiger partial charge in [-0.25, -0.2) is 4.98 Å². The number of carbonyl (C=O) groups is 2. The van der Waals surface area contributed by atoms with Gasteiger partial charge in [-0.3, -0.25) is 9.59 Å². The molecule has 0 radical (unpaired) electrons. The summed E-state index contributed by atoms with van der Waals surface area (Å²) in [5.74, 6) is -0.433. The van der Waals surface area contributed by atoms with Gasteiger partial charge >= 0.3 is 0 Å². The van der Waals surface area contributed by atoms with E-state index < -0.39 is 0 Å². The molecule has 4 rings (SSSR count). The van der Waals surface area contributed by atoms with Crippen LogP contribution in [0.5, 0.6) is 0 Å². The SMILES string of the molecule is Nc1ccc(Nc2nccs2)c2c1C(=O)c1ccccc1C2=O. The smallest absolute Gasteiger partial charge is 0.196 e.